The van der Waals surface area contributed by atoms with Crippen molar-refractivity contribution in [3.05, 3.63) is 46.5 Å². The lowest BCUT2D eigenvalue weighted by Gasteiger charge is -2.25. The van der Waals surface area contributed by atoms with E-state index < -0.39 is 0 Å². The molecule has 0 saturated heterocycles. The second kappa shape index (κ2) is 8.03. The minimum absolute atomic E-state index is 0.0722. The van der Waals surface area contributed by atoms with Gasteiger partial charge in [-0.3, -0.25) is 9.59 Å². The fourth-order valence-corrected chi connectivity index (χ4v) is 2.99. The van der Waals surface area contributed by atoms with Crippen molar-refractivity contribution in [2.24, 2.45) is 0 Å². The van der Waals surface area contributed by atoms with Crippen molar-refractivity contribution in [1.29, 1.82) is 0 Å². The molecule has 24 heavy (non-hydrogen) atoms. The molecule has 0 unspecified atom stereocenters. The summed E-state index contributed by atoms with van der Waals surface area (Å²) in [5.41, 5.74) is 2.65. The van der Waals surface area contributed by atoms with E-state index in [1.54, 1.807) is 5.38 Å². The molecule has 7 heteroatoms. The van der Waals surface area contributed by atoms with Gasteiger partial charge < -0.3 is 15.5 Å². The molecule has 2 rings (SSSR count). The number of nitrogens with one attached hydrogen (secondary N) is 2. The zero-order valence-electron chi connectivity index (χ0n) is 14.3. The molecule has 1 aromatic heterocycles. The molecule has 2 N–H and O–H groups in total. The molecule has 1 heterocycles. The van der Waals surface area contributed by atoms with E-state index in [-0.39, 0.29) is 17.9 Å². The fraction of sp³-hybridized carbons (Fsp3) is 0.353. The van der Waals surface area contributed by atoms with E-state index in [1.807, 2.05) is 21.0 Å². The van der Waals surface area contributed by atoms with Gasteiger partial charge in [0.25, 0.3) is 5.91 Å². The number of hydrogen-bond donors (Lipinski definition) is 2. The first-order valence-corrected chi connectivity index (χ1v) is 8.49. The number of nitrogens with zero attached hydrogens (tertiary/aromatic N) is 2. The lowest BCUT2D eigenvalue weighted by Crippen LogP contribution is -2.34. The first-order valence-electron chi connectivity index (χ1n) is 7.61. The molecular formula is C17H22N4O2S. The van der Waals surface area contributed by atoms with E-state index in [1.165, 1.54) is 23.8 Å². The van der Waals surface area contributed by atoms with Crippen molar-refractivity contribution >= 4 is 28.3 Å². The van der Waals surface area contributed by atoms with Gasteiger partial charge in [-0.25, -0.2) is 4.98 Å². The van der Waals surface area contributed by atoms with Crippen LogP contribution in [0.5, 0.6) is 0 Å². The standard InChI is InChI=1S/C17H22N4O2S/c1-11-5-7-13(8-6-11)15(21(3)4)9-18-16(23)14-10-24-17(20-14)19-12(2)22/h5-8,10,15H,9H2,1-4H3,(H,18,23)(H,19,20,22)/t15-/m1/s1. The Labute approximate surface area is 145 Å². The Morgan fingerprint density at radius 3 is 2.50 bits per heavy atom. The lowest BCUT2D eigenvalue weighted by molar-refractivity contribution is -0.114. The fourth-order valence-electron chi connectivity index (χ4n) is 2.25. The summed E-state index contributed by atoms with van der Waals surface area (Å²) in [5, 5.41) is 7.55. The van der Waals surface area contributed by atoms with E-state index in [9.17, 15) is 9.59 Å². The lowest BCUT2D eigenvalue weighted by atomic mass is 10.0. The van der Waals surface area contributed by atoms with Crippen LogP contribution in [0.25, 0.3) is 0 Å². The van der Waals surface area contributed by atoms with Gasteiger partial charge in [-0.2, -0.15) is 0 Å². The van der Waals surface area contributed by atoms with Gasteiger partial charge in [0, 0.05) is 18.8 Å². The SMILES string of the molecule is CC(=O)Nc1nc(C(=O)NC[C@H](c2ccc(C)cc2)N(C)C)cs1. The van der Waals surface area contributed by atoms with Gasteiger partial charge in [-0.15, -0.1) is 11.3 Å². The minimum Gasteiger partial charge on any atom is -0.349 e. The molecule has 128 valence electrons. The molecule has 0 aliphatic carbocycles. The number of anilines is 1. The molecule has 0 bridgehead atoms. The third-order valence-corrected chi connectivity index (χ3v) is 4.32. The topological polar surface area (TPSA) is 74.3 Å². The maximum Gasteiger partial charge on any atom is 0.270 e. The Hall–Kier alpha value is -2.25. The molecule has 0 saturated carbocycles. The summed E-state index contributed by atoms with van der Waals surface area (Å²) >= 11 is 1.23. The minimum atomic E-state index is -0.248. The molecule has 0 spiro atoms. The van der Waals surface area contributed by atoms with Crippen LogP contribution in [0.4, 0.5) is 5.13 Å². The zero-order valence-corrected chi connectivity index (χ0v) is 15.1. The van der Waals surface area contributed by atoms with E-state index >= 15 is 0 Å². The molecule has 0 aliphatic rings. The number of rotatable bonds is 6. The molecule has 0 fully saturated rings. The third-order valence-electron chi connectivity index (χ3n) is 3.56. The molecule has 6 nitrogen and oxygen atoms in total. The maximum atomic E-state index is 12.3. The number of carbonyl (C=O) groups is 2. The molecule has 1 aromatic carbocycles. The van der Waals surface area contributed by atoms with Crippen LogP contribution in [0.1, 0.15) is 34.6 Å². The molecule has 0 aliphatic heterocycles. The number of amides is 2. The quantitative estimate of drug-likeness (QED) is 0.842. The number of benzene rings is 1. The Balaban J connectivity index is 2.01. The monoisotopic (exact) mass is 346 g/mol. The van der Waals surface area contributed by atoms with Crippen molar-refractivity contribution < 1.29 is 9.59 Å². The van der Waals surface area contributed by atoms with E-state index in [4.69, 9.17) is 0 Å². The smallest absolute Gasteiger partial charge is 0.270 e. The zero-order chi connectivity index (χ0) is 17.7. The second-order valence-electron chi connectivity index (χ2n) is 5.82. The first-order chi connectivity index (χ1) is 11.4. The molecular weight excluding hydrogens is 324 g/mol. The largest absolute Gasteiger partial charge is 0.349 e. The summed E-state index contributed by atoms with van der Waals surface area (Å²) in [4.78, 5) is 29.5. The van der Waals surface area contributed by atoms with Gasteiger partial charge >= 0.3 is 0 Å². The Morgan fingerprint density at radius 2 is 1.92 bits per heavy atom. The number of carbonyl (C=O) groups excluding carboxylic acids is 2. The van der Waals surface area contributed by atoms with E-state index in [0.717, 1.165) is 5.56 Å². The highest BCUT2D eigenvalue weighted by atomic mass is 32.1. The van der Waals surface area contributed by atoms with Crippen LogP contribution in [0, 0.1) is 6.92 Å². The normalized spacial score (nSPS) is 12.0. The van der Waals surface area contributed by atoms with Crippen molar-refractivity contribution in [3.63, 3.8) is 0 Å². The van der Waals surface area contributed by atoms with Crippen LogP contribution < -0.4 is 10.6 Å². The predicted octanol–water partition coefficient (Wildman–Crippen LogP) is 2.44. The van der Waals surface area contributed by atoms with Gasteiger partial charge in [-0.05, 0) is 26.6 Å². The summed E-state index contributed by atoms with van der Waals surface area (Å²) < 4.78 is 0. The van der Waals surface area contributed by atoms with Crippen molar-refractivity contribution in [2.75, 3.05) is 26.0 Å². The van der Waals surface area contributed by atoms with Gasteiger partial charge in [0.05, 0.1) is 6.04 Å². The Morgan fingerprint density at radius 1 is 1.25 bits per heavy atom. The van der Waals surface area contributed by atoms with E-state index in [0.29, 0.717) is 17.4 Å². The second-order valence-corrected chi connectivity index (χ2v) is 6.68. The van der Waals surface area contributed by atoms with Crippen LogP contribution in [0.15, 0.2) is 29.6 Å². The van der Waals surface area contributed by atoms with Crippen LogP contribution in [0.2, 0.25) is 0 Å². The third kappa shape index (κ3) is 4.87. The van der Waals surface area contributed by atoms with Gasteiger partial charge in [-0.1, -0.05) is 29.8 Å². The highest BCUT2D eigenvalue weighted by Gasteiger charge is 2.17. The molecule has 2 aromatic rings. The first kappa shape index (κ1) is 18.1. The summed E-state index contributed by atoms with van der Waals surface area (Å²) in [6.45, 7) is 3.93. The molecule has 2 amide bonds. The van der Waals surface area contributed by atoms with Gasteiger partial charge in [0.15, 0.2) is 5.13 Å². The Kier molecular flexibility index (Phi) is 6.05. The van der Waals surface area contributed by atoms with Crippen LogP contribution >= 0.6 is 11.3 Å². The number of aryl methyl sites for hydroxylation is 1. The highest BCUT2D eigenvalue weighted by molar-refractivity contribution is 7.14. The van der Waals surface area contributed by atoms with Crippen molar-refractivity contribution in [1.82, 2.24) is 15.2 Å². The Bertz CT molecular complexity index is 710. The van der Waals surface area contributed by atoms with Gasteiger partial charge in [0.1, 0.15) is 5.69 Å². The number of aromatic nitrogens is 1. The van der Waals surface area contributed by atoms with Crippen LogP contribution in [-0.4, -0.2) is 42.3 Å². The summed E-state index contributed by atoms with van der Waals surface area (Å²) in [6.07, 6.45) is 0. The van der Waals surface area contributed by atoms with Crippen molar-refractivity contribution in [3.8, 4) is 0 Å². The average Bonchev–Trinajstić information content (AvgIpc) is 2.96. The summed E-state index contributed by atoms with van der Waals surface area (Å²) in [6, 6.07) is 8.35. The molecule has 0 radical (unpaired) electrons. The van der Waals surface area contributed by atoms with Crippen LogP contribution in [-0.2, 0) is 4.79 Å². The highest BCUT2D eigenvalue weighted by Crippen LogP contribution is 2.19. The van der Waals surface area contributed by atoms with Crippen molar-refractivity contribution in [2.45, 2.75) is 19.9 Å². The summed E-state index contributed by atoms with van der Waals surface area (Å²) in [5.74, 6) is -0.454. The average molecular weight is 346 g/mol. The molecule has 1 atom stereocenters. The number of thiazole rings is 1. The van der Waals surface area contributed by atoms with Crippen LogP contribution in [0.3, 0.4) is 0 Å². The predicted molar refractivity (Wildman–Crippen MR) is 96.4 cm³/mol. The van der Waals surface area contributed by atoms with Gasteiger partial charge in [0.2, 0.25) is 5.91 Å². The summed E-state index contributed by atoms with van der Waals surface area (Å²) in [7, 11) is 3.96. The number of likely N-dealkylation sites (N-methyl/N-ethyl adjacent to an activating group) is 1. The number of hydrogen-bond acceptors (Lipinski definition) is 5. The maximum absolute atomic E-state index is 12.3. The van der Waals surface area contributed by atoms with E-state index in [2.05, 4.69) is 44.8 Å².